The fourth-order valence-electron chi connectivity index (χ4n) is 3.08. The van der Waals surface area contributed by atoms with E-state index in [-0.39, 0.29) is 6.03 Å². The minimum absolute atomic E-state index is 0.287. The van der Waals surface area contributed by atoms with Crippen molar-refractivity contribution in [1.82, 2.24) is 5.32 Å². The van der Waals surface area contributed by atoms with E-state index >= 15 is 0 Å². The van der Waals surface area contributed by atoms with Crippen molar-refractivity contribution in [1.29, 1.82) is 0 Å². The second kappa shape index (κ2) is 10.0. The summed E-state index contributed by atoms with van der Waals surface area (Å²) in [6, 6.07) is 13.7. The molecule has 0 heterocycles. The first-order chi connectivity index (χ1) is 13.3. The Labute approximate surface area is 169 Å². The Hall–Kier alpha value is -2.69. The Morgan fingerprint density at radius 2 is 1.68 bits per heavy atom. The molecule has 5 nitrogen and oxygen atoms in total. The molecule has 2 aromatic rings. The Balaban J connectivity index is 1.92. The Bertz CT molecular complexity index is 768. The fourth-order valence-corrected chi connectivity index (χ4v) is 3.08. The van der Waals surface area contributed by atoms with Crippen molar-refractivity contribution in [2.75, 3.05) is 23.3 Å². The molecule has 0 aliphatic heterocycles. The average Bonchev–Trinajstić information content (AvgIpc) is 2.65. The quantitative estimate of drug-likeness (QED) is 0.591. The average molecular weight is 384 g/mol. The number of hydrogen-bond acceptors (Lipinski definition) is 3. The maximum atomic E-state index is 12.3. The molecule has 0 aliphatic carbocycles. The van der Waals surface area contributed by atoms with Crippen LogP contribution in [-0.2, 0) is 0 Å². The zero-order valence-corrected chi connectivity index (χ0v) is 17.9. The first-order valence-corrected chi connectivity index (χ1v) is 10.0. The van der Waals surface area contributed by atoms with Gasteiger partial charge in [-0.1, -0.05) is 26.0 Å². The van der Waals surface area contributed by atoms with E-state index in [4.69, 9.17) is 4.74 Å². The summed E-state index contributed by atoms with van der Waals surface area (Å²) in [5.74, 6) is 1.21. The highest BCUT2D eigenvalue weighted by Crippen LogP contribution is 2.23. The highest BCUT2D eigenvalue weighted by Gasteiger charge is 2.11. The molecule has 2 amide bonds. The number of amides is 2. The van der Waals surface area contributed by atoms with Crippen LogP contribution in [0.3, 0.4) is 0 Å². The van der Waals surface area contributed by atoms with Crippen molar-refractivity contribution in [3.63, 3.8) is 0 Å². The van der Waals surface area contributed by atoms with E-state index < -0.39 is 6.23 Å². The third kappa shape index (κ3) is 5.91. The summed E-state index contributed by atoms with van der Waals surface area (Å²) >= 11 is 0. The molecule has 5 heteroatoms. The van der Waals surface area contributed by atoms with Gasteiger partial charge < -0.3 is 20.3 Å². The smallest absolute Gasteiger partial charge is 0.322 e. The van der Waals surface area contributed by atoms with Crippen molar-refractivity contribution < 1.29 is 9.53 Å². The monoisotopic (exact) mass is 383 g/mol. The Kier molecular flexibility index (Phi) is 7.73. The van der Waals surface area contributed by atoms with Crippen LogP contribution in [0.2, 0.25) is 0 Å². The summed E-state index contributed by atoms with van der Waals surface area (Å²) in [5.41, 5.74) is 4.24. The van der Waals surface area contributed by atoms with Crippen molar-refractivity contribution in [3.05, 3.63) is 53.6 Å². The molecular formula is C23H33N3O2. The van der Waals surface area contributed by atoms with E-state index in [2.05, 4.69) is 49.3 Å². The van der Waals surface area contributed by atoms with Gasteiger partial charge in [-0.25, -0.2) is 4.79 Å². The molecule has 1 atom stereocenters. The highest BCUT2D eigenvalue weighted by atomic mass is 16.5. The number of urea groups is 1. The normalized spacial score (nSPS) is 11.8. The first-order valence-electron chi connectivity index (χ1n) is 10.0. The van der Waals surface area contributed by atoms with Gasteiger partial charge in [0.15, 0.2) is 6.23 Å². The highest BCUT2D eigenvalue weighted by molar-refractivity contribution is 5.90. The molecule has 0 saturated carbocycles. The number of anilines is 2. The largest absolute Gasteiger partial charge is 0.471 e. The predicted molar refractivity (Wildman–Crippen MR) is 118 cm³/mol. The lowest BCUT2D eigenvalue weighted by Gasteiger charge is -2.22. The summed E-state index contributed by atoms with van der Waals surface area (Å²) in [7, 11) is 0. The molecule has 28 heavy (non-hydrogen) atoms. The zero-order valence-electron chi connectivity index (χ0n) is 17.9. The van der Waals surface area contributed by atoms with Crippen molar-refractivity contribution in [2.45, 2.75) is 53.7 Å². The molecule has 0 radical (unpaired) electrons. The second-order valence-electron chi connectivity index (χ2n) is 7.25. The van der Waals surface area contributed by atoms with Gasteiger partial charge in [0.25, 0.3) is 0 Å². The van der Waals surface area contributed by atoms with Gasteiger partial charge in [0, 0.05) is 24.5 Å². The second-order valence-corrected chi connectivity index (χ2v) is 7.25. The minimum atomic E-state index is -0.444. The molecule has 2 aromatic carbocycles. The van der Waals surface area contributed by atoms with Crippen LogP contribution >= 0.6 is 0 Å². The van der Waals surface area contributed by atoms with E-state index in [1.807, 2.05) is 50.2 Å². The number of hydrogen-bond donors (Lipinski definition) is 2. The van der Waals surface area contributed by atoms with Gasteiger partial charge in [0.05, 0.1) is 0 Å². The van der Waals surface area contributed by atoms with E-state index in [1.54, 1.807) is 0 Å². The molecule has 0 bridgehead atoms. The maximum Gasteiger partial charge on any atom is 0.322 e. The lowest BCUT2D eigenvalue weighted by Crippen LogP contribution is -2.39. The summed E-state index contributed by atoms with van der Waals surface area (Å²) in [6.45, 7) is 14.3. The molecule has 152 valence electrons. The maximum absolute atomic E-state index is 12.3. The van der Waals surface area contributed by atoms with Gasteiger partial charge in [0.1, 0.15) is 5.75 Å². The van der Waals surface area contributed by atoms with E-state index in [9.17, 15) is 4.79 Å². The van der Waals surface area contributed by atoms with E-state index in [0.717, 1.165) is 35.8 Å². The van der Waals surface area contributed by atoms with Crippen LogP contribution in [0.25, 0.3) is 0 Å². The molecule has 1 unspecified atom stereocenters. The standard InChI is InChI=1S/C23H33N3O2/c1-7-26(8-2)20-11-14-22(17(5)15-20)25-23(27)24-18(6)28-21-12-9-19(10-13-21)16(3)4/h9-16,18H,7-8H2,1-6H3,(H2,24,25,27). The van der Waals surface area contributed by atoms with Crippen LogP contribution in [0.4, 0.5) is 16.2 Å². The lowest BCUT2D eigenvalue weighted by molar-refractivity contribution is 0.183. The number of nitrogens with zero attached hydrogens (tertiary/aromatic N) is 1. The number of rotatable bonds is 8. The predicted octanol–water partition coefficient (Wildman–Crippen LogP) is 5.51. The van der Waals surface area contributed by atoms with Crippen LogP contribution in [0.15, 0.2) is 42.5 Å². The van der Waals surface area contributed by atoms with Crippen LogP contribution in [0, 0.1) is 6.92 Å². The van der Waals surface area contributed by atoms with Gasteiger partial charge in [-0.2, -0.15) is 0 Å². The Morgan fingerprint density at radius 1 is 1.04 bits per heavy atom. The van der Waals surface area contributed by atoms with Gasteiger partial charge in [-0.05, 0) is 75.1 Å². The lowest BCUT2D eigenvalue weighted by atomic mass is 10.0. The molecule has 0 aliphatic rings. The topological polar surface area (TPSA) is 53.6 Å². The summed E-state index contributed by atoms with van der Waals surface area (Å²) < 4.78 is 5.79. The van der Waals surface area contributed by atoms with E-state index in [0.29, 0.717) is 5.92 Å². The van der Waals surface area contributed by atoms with Crippen molar-refractivity contribution in [3.8, 4) is 5.75 Å². The number of nitrogens with one attached hydrogen (secondary N) is 2. The first kappa shape index (κ1) is 21.6. The van der Waals surface area contributed by atoms with Gasteiger partial charge in [-0.3, -0.25) is 0 Å². The molecule has 2 rings (SSSR count). The molecule has 0 spiro atoms. The van der Waals surface area contributed by atoms with E-state index in [1.165, 1.54) is 5.56 Å². The minimum Gasteiger partial charge on any atom is -0.471 e. The van der Waals surface area contributed by atoms with Crippen LogP contribution in [0.1, 0.15) is 51.7 Å². The number of carbonyl (C=O) groups excluding carboxylic acids is 1. The number of ether oxygens (including phenoxy) is 1. The third-order valence-electron chi connectivity index (χ3n) is 4.78. The fraction of sp³-hybridized carbons (Fsp3) is 0.435. The van der Waals surface area contributed by atoms with Gasteiger partial charge >= 0.3 is 6.03 Å². The number of carbonyl (C=O) groups is 1. The van der Waals surface area contributed by atoms with Crippen molar-refractivity contribution in [2.24, 2.45) is 0 Å². The van der Waals surface area contributed by atoms with Gasteiger partial charge in [-0.15, -0.1) is 0 Å². The molecule has 2 N–H and O–H groups in total. The number of aryl methyl sites for hydroxylation is 1. The van der Waals surface area contributed by atoms with Crippen LogP contribution in [0.5, 0.6) is 5.75 Å². The molecule has 0 fully saturated rings. The van der Waals surface area contributed by atoms with Crippen molar-refractivity contribution >= 4 is 17.4 Å². The van der Waals surface area contributed by atoms with Crippen LogP contribution < -0.4 is 20.3 Å². The molecule has 0 saturated heterocycles. The Morgan fingerprint density at radius 3 is 2.21 bits per heavy atom. The van der Waals surface area contributed by atoms with Gasteiger partial charge in [0.2, 0.25) is 0 Å². The zero-order chi connectivity index (χ0) is 20.7. The summed E-state index contributed by atoms with van der Waals surface area (Å²) in [6.07, 6.45) is -0.444. The molecule has 0 aromatic heterocycles. The SMILES string of the molecule is CCN(CC)c1ccc(NC(=O)NC(C)Oc2ccc(C(C)C)cc2)c(C)c1. The summed E-state index contributed by atoms with van der Waals surface area (Å²) in [5, 5.41) is 5.72. The third-order valence-corrected chi connectivity index (χ3v) is 4.78. The van der Waals surface area contributed by atoms with Crippen LogP contribution in [-0.4, -0.2) is 25.3 Å². The summed E-state index contributed by atoms with van der Waals surface area (Å²) in [4.78, 5) is 14.6. The molecular weight excluding hydrogens is 350 g/mol. The number of benzene rings is 2.